The number of nitrogens with zero attached hydrogens (tertiary/aromatic N) is 1. The monoisotopic (exact) mass is 842 g/mol. The van der Waals surface area contributed by atoms with Crippen molar-refractivity contribution < 1.29 is 38.2 Å². The predicted octanol–water partition coefficient (Wildman–Crippen LogP) is 12.4. The average Bonchev–Trinajstić information content (AvgIpc) is 3.21. The Morgan fingerprint density at radius 2 is 0.933 bits per heavy atom. The molecule has 0 saturated heterocycles. The van der Waals surface area contributed by atoms with Crippen molar-refractivity contribution in [3.8, 4) is 0 Å². The third-order valence-corrected chi connectivity index (χ3v) is 10.6. The molecule has 0 aromatic carbocycles. The van der Waals surface area contributed by atoms with Gasteiger partial charge in [0, 0.05) is 19.3 Å². The Labute approximate surface area is 368 Å². The van der Waals surface area contributed by atoms with E-state index < -0.39 is 18.1 Å². The molecule has 0 aromatic heterocycles. The summed E-state index contributed by atoms with van der Waals surface area (Å²) in [6, 6.07) is -0.730. The number of esters is 2. The van der Waals surface area contributed by atoms with Gasteiger partial charge in [-0.05, 0) is 77.0 Å². The molecule has 2 unspecified atom stereocenters. The summed E-state index contributed by atoms with van der Waals surface area (Å²) in [5.41, 5.74) is 0. The molecule has 346 valence electrons. The van der Waals surface area contributed by atoms with Crippen molar-refractivity contribution in [3.63, 3.8) is 0 Å². The number of allylic oxidation sites excluding steroid dienone is 10. The maximum absolute atomic E-state index is 12.7. The maximum Gasteiger partial charge on any atom is 0.306 e. The summed E-state index contributed by atoms with van der Waals surface area (Å²) in [5.74, 6) is -1.76. The lowest BCUT2D eigenvalue weighted by molar-refractivity contribution is -0.889. The standard InChI is InChI=1S/C52H91NO7/c1-6-8-10-12-14-16-18-20-21-22-23-24-25-26-27-28-29-31-32-34-36-38-40-42-50(54)59-47-48(46-58-45-44-49(52(56)57)53(3,4)5)60-51(55)43-41-39-37-35-33-30-19-17-15-13-11-9-7-2/h8,10,14,16,20-21,23-24,30,33,48-49H,6-7,9,11-13,15,17-19,22,25-29,31-32,34-47H2,1-5H3/b10-8+,16-14+,21-20+,24-23+,33-30+. The summed E-state index contributed by atoms with van der Waals surface area (Å²) in [5, 5.41) is 11.6. The highest BCUT2D eigenvalue weighted by molar-refractivity contribution is 5.70. The van der Waals surface area contributed by atoms with E-state index in [-0.39, 0.29) is 42.7 Å². The fourth-order valence-corrected chi connectivity index (χ4v) is 6.88. The second-order valence-electron chi connectivity index (χ2n) is 17.3. The van der Waals surface area contributed by atoms with Crippen LogP contribution in [0.2, 0.25) is 0 Å². The van der Waals surface area contributed by atoms with Crippen LogP contribution in [-0.4, -0.2) is 75.5 Å². The van der Waals surface area contributed by atoms with E-state index in [1.807, 2.05) is 0 Å². The Morgan fingerprint density at radius 1 is 0.517 bits per heavy atom. The molecule has 0 aromatic rings. The van der Waals surface area contributed by atoms with E-state index in [4.69, 9.17) is 14.2 Å². The quantitative estimate of drug-likeness (QED) is 0.0261. The number of hydrogen-bond donors (Lipinski definition) is 0. The first-order chi connectivity index (χ1) is 29.1. The number of unbranched alkanes of at least 4 members (excludes halogenated alkanes) is 19. The molecule has 0 N–H and O–H groups in total. The molecular weight excluding hydrogens is 751 g/mol. The number of carbonyl (C=O) groups excluding carboxylic acids is 3. The average molecular weight is 842 g/mol. The van der Waals surface area contributed by atoms with E-state index in [9.17, 15) is 19.5 Å². The van der Waals surface area contributed by atoms with Crippen LogP contribution in [0, 0.1) is 0 Å². The Balaban J connectivity index is 4.24. The van der Waals surface area contributed by atoms with Gasteiger partial charge < -0.3 is 28.6 Å². The van der Waals surface area contributed by atoms with Gasteiger partial charge in [-0.25, -0.2) is 0 Å². The van der Waals surface area contributed by atoms with Crippen LogP contribution >= 0.6 is 0 Å². The molecule has 0 amide bonds. The Bertz CT molecular complexity index is 1170. The van der Waals surface area contributed by atoms with Gasteiger partial charge in [-0.1, -0.05) is 164 Å². The van der Waals surface area contributed by atoms with Gasteiger partial charge >= 0.3 is 11.9 Å². The number of hydrogen-bond acceptors (Lipinski definition) is 7. The molecule has 0 bridgehead atoms. The van der Waals surface area contributed by atoms with Crippen molar-refractivity contribution in [1.82, 2.24) is 0 Å². The fraction of sp³-hybridized carbons (Fsp3) is 0.750. The molecule has 0 heterocycles. The van der Waals surface area contributed by atoms with Crippen molar-refractivity contribution in [3.05, 3.63) is 60.8 Å². The summed E-state index contributed by atoms with van der Waals surface area (Å²) < 4.78 is 17.2. The zero-order chi connectivity index (χ0) is 44.2. The van der Waals surface area contributed by atoms with Gasteiger partial charge in [0.2, 0.25) is 0 Å². The number of carboxylic acids is 1. The van der Waals surface area contributed by atoms with Gasteiger partial charge in [-0.2, -0.15) is 0 Å². The van der Waals surface area contributed by atoms with Crippen molar-refractivity contribution in [2.24, 2.45) is 0 Å². The Morgan fingerprint density at radius 3 is 1.42 bits per heavy atom. The first kappa shape index (κ1) is 57.0. The molecule has 8 nitrogen and oxygen atoms in total. The maximum atomic E-state index is 12.7. The minimum Gasteiger partial charge on any atom is -0.544 e. The molecule has 0 radical (unpaired) electrons. The van der Waals surface area contributed by atoms with E-state index in [1.165, 1.54) is 89.9 Å². The molecule has 0 saturated carbocycles. The van der Waals surface area contributed by atoms with Gasteiger partial charge in [-0.15, -0.1) is 0 Å². The molecule has 2 atom stereocenters. The summed E-state index contributed by atoms with van der Waals surface area (Å²) >= 11 is 0. The minimum atomic E-state index is -1.13. The van der Waals surface area contributed by atoms with Crippen LogP contribution in [0.15, 0.2) is 60.8 Å². The topological polar surface area (TPSA) is 102 Å². The lowest BCUT2D eigenvalue weighted by atomic mass is 10.1. The number of carbonyl (C=O) groups is 3. The van der Waals surface area contributed by atoms with Crippen LogP contribution in [-0.2, 0) is 28.6 Å². The molecule has 0 aliphatic rings. The molecule has 8 heteroatoms. The normalized spacial score (nSPS) is 13.4. The van der Waals surface area contributed by atoms with Crippen molar-refractivity contribution >= 4 is 17.9 Å². The van der Waals surface area contributed by atoms with Crippen molar-refractivity contribution in [2.45, 2.75) is 212 Å². The summed E-state index contributed by atoms with van der Waals surface area (Å²) in [6.45, 7) is 4.52. The number of quaternary nitrogens is 1. The van der Waals surface area contributed by atoms with E-state index in [1.54, 1.807) is 21.1 Å². The van der Waals surface area contributed by atoms with Crippen molar-refractivity contribution in [1.29, 1.82) is 0 Å². The lowest BCUT2D eigenvalue weighted by Crippen LogP contribution is -2.55. The molecule has 0 rings (SSSR count). The molecule has 0 aliphatic heterocycles. The van der Waals surface area contributed by atoms with E-state index in [0.29, 0.717) is 12.8 Å². The fourth-order valence-electron chi connectivity index (χ4n) is 6.88. The summed E-state index contributed by atoms with van der Waals surface area (Å²) in [4.78, 5) is 36.9. The Kier molecular flexibility index (Phi) is 40.6. The highest BCUT2D eigenvalue weighted by Crippen LogP contribution is 2.14. The van der Waals surface area contributed by atoms with Gasteiger partial charge in [0.25, 0.3) is 0 Å². The zero-order valence-corrected chi connectivity index (χ0v) is 39.4. The van der Waals surface area contributed by atoms with Crippen LogP contribution in [0.4, 0.5) is 0 Å². The second-order valence-corrected chi connectivity index (χ2v) is 17.3. The van der Waals surface area contributed by atoms with E-state index in [0.717, 1.165) is 77.0 Å². The van der Waals surface area contributed by atoms with Gasteiger partial charge in [-0.3, -0.25) is 9.59 Å². The first-order valence-corrected chi connectivity index (χ1v) is 24.3. The van der Waals surface area contributed by atoms with Crippen molar-refractivity contribution in [2.75, 3.05) is 41.0 Å². The molecular formula is C52H91NO7. The SMILES string of the molecule is CC/C=C/C/C=C/C/C=C/C/C=C/CCCCCCCCCCCCC(=O)OCC(COCCC(C(=O)[O-])[N+](C)(C)C)OC(=O)CCCCC/C=C/CCCCCCCC. The zero-order valence-electron chi connectivity index (χ0n) is 39.4. The van der Waals surface area contributed by atoms with Crippen LogP contribution in [0.3, 0.4) is 0 Å². The van der Waals surface area contributed by atoms with E-state index in [2.05, 4.69) is 74.6 Å². The third kappa shape index (κ3) is 40.4. The number of ether oxygens (including phenoxy) is 3. The predicted molar refractivity (Wildman–Crippen MR) is 249 cm³/mol. The second kappa shape index (κ2) is 42.7. The van der Waals surface area contributed by atoms with E-state index >= 15 is 0 Å². The molecule has 60 heavy (non-hydrogen) atoms. The van der Waals surface area contributed by atoms with Crippen LogP contribution in [0.5, 0.6) is 0 Å². The van der Waals surface area contributed by atoms with Crippen LogP contribution in [0.25, 0.3) is 0 Å². The van der Waals surface area contributed by atoms with Gasteiger partial charge in [0.1, 0.15) is 12.6 Å². The Hall–Kier alpha value is -2.97. The number of rotatable bonds is 43. The summed E-state index contributed by atoms with van der Waals surface area (Å²) in [7, 11) is 5.40. The minimum absolute atomic E-state index is 0.0324. The summed E-state index contributed by atoms with van der Waals surface area (Å²) in [6.07, 6.45) is 52.5. The largest absolute Gasteiger partial charge is 0.544 e. The lowest BCUT2D eigenvalue weighted by Gasteiger charge is -2.34. The third-order valence-electron chi connectivity index (χ3n) is 10.6. The van der Waals surface area contributed by atoms with Gasteiger partial charge in [0.05, 0.1) is 40.3 Å². The first-order valence-electron chi connectivity index (χ1n) is 24.3. The van der Waals surface area contributed by atoms with Crippen LogP contribution < -0.4 is 5.11 Å². The highest BCUT2D eigenvalue weighted by atomic mass is 16.6. The number of likely N-dealkylation sites (N-methyl/N-ethyl adjacent to an activating group) is 1. The molecule has 0 fully saturated rings. The number of aliphatic carboxylic acids is 1. The smallest absolute Gasteiger partial charge is 0.306 e. The highest BCUT2D eigenvalue weighted by Gasteiger charge is 2.25. The van der Waals surface area contributed by atoms with Gasteiger partial charge in [0.15, 0.2) is 6.10 Å². The number of carboxylic acid groups (broad SMARTS) is 1. The van der Waals surface area contributed by atoms with Crippen LogP contribution in [0.1, 0.15) is 200 Å². The molecule has 0 aliphatic carbocycles. The molecule has 0 spiro atoms.